The van der Waals surface area contributed by atoms with Gasteiger partial charge >= 0.3 is 0 Å². The molecule has 1 amide bonds. The van der Waals surface area contributed by atoms with E-state index in [-0.39, 0.29) is 5.91 Å². The summed E-state index contributed by atoms with van der Waals surface area (Å²) in [6.07, 6.45) is 2.54. The molecule has 0 aromatic carbocycles. The van der Waals surface area contributed by atoms with Gasteiger partial charge in [0, 0.05) is 13.6 Å². The Balaban J connectivity index is 2.76. The summed E-state index contributed by atoms with van der Waals surface area (Å²) in [4.78, 5) is 11.3. The second-order valence-corrected chi connectivity index (χ2v) is 5.27. The SMILES string of the molecule is CN(C1CCCNC1=O)S(C)(=O)=O. The Morgan fingerprint density at radius 1 is 1.54 bits per heavy atom. The maximum absolute atomic E-state index is 11.3. The van der Waals surface area contributed by atoms with E-state index in [2.05, 4.69) is 5.32 Å². The number of rotatable bonds is 2. The third kappa shape index (κ3) is 2.41. The molecule has 1 rings (SSSR count). The van der Waals surface area contributed by atoms with E-state index in [4.69, 9.17) is 0 Å². The van der Waals surface area contributed by atoms with Crippen molar-refractivity contribution < 1.29 is 13.2 Å². The van der Waals surface area contributed by atoms with Gasteiger partial charge in [-0.05, 0) is 12.8 Å². The lowest BCUT2D eigenvalue weighted by Crippen LogP contribution is -2.50. The molecule has 1 atom stereocenters. The summed E-state index contributed by atoms with van der Waals surface area (Å²) in [6, 6.07) is -0.524. The first-order valence-electron chi connectivity index (χ1n) is 4.13. The molecule has 1 saturated heterocycles. The second kappa shape index (κ2) is 3.63. The number of likely N-dealkylation sites (N-methyl/N-ethyl adjacent to an activating group) is 1. The second-order valence-electron chi connectivity index (χ2n) is 3.23. The van der Waals surface area contributed by atoms with E-state index in [1.165, 1.54) is 7.05 Å². The number of sulfonamides is 1. The molecule has 0 radical (unpaired) electrons. The van der Waals surface area contributed by atoms with Crippen LogP contribution in [-0.2, 0) is 14.8 Å². The summed E-state index contributed by atoms with van der Waals surface area (Å²) in [6.45, 7) is 0.646. The molecule has 5 nitrogen and oxygen atoms in total. The van der Waals surface area contributed by atoms with Crippen LogP contribution in [0.2, 0.25) is 0 Å². The molecule has 0 saturated carbocycles. The molecule has 1 aliphatic heterocycles. The van der Waals surface area contributed by atoms with Gasteiger partial charge in [0.15, 0.2) is 0 Å². The lowest BCUT2D eigenvalue weighted by molar-refractivity contribution is -0.126. The fraction of sp³-hybridized carbons (Fsp3) is 0.857. The van der Waals surface area contributed by atoms with E-state index in [1.807, 2.05) is 0 Å². The molecule has 1 unspecified atom stereocenters. The fourth-order valence-electron chi connectivity index (χ4n) is 1.33. The van der Waals surface area contributed by atoms with Gasteiger partial charge in [-0.2, -0.15) is 4.31 Å². The highest BCUT2D eigenvalue weighted by atomic mass is 32.2. The van der Waals surface area contributed by atoms with E-state index in [9.17, 15) is 13.2 Å². The van der Waals surface area contributed by atoms with Gasteiger partial charge in [-0.3, -0.25) is 4.79 Å². The van der Waals surface area contributed by atoms with E-state index in [1.54, 1.807) is 0 Å². The molecule has 1 aliphatic rings. The first-order chi connectivity index (χ1) is 5.93. The van der Waals surface area contributed by atoms with Gasteiger partial charge < -0.3 is 5.32 Å². The minimum Gasteiger partial charge on any atom is -0.355 e. The Labute approximate surface area is 78.2 Å². The van der Waals surface area contributed by atoms with Crippen LogP contribution in [0.15, 0.2) is 0 Å². The third-order valence-electron chi connectivity index (χ3n) is 2.22. The molecule has 76 valence electrons. The molecule has 0 spiro atoms. The van der Waals surface area contributed by atoms with Crippen molar-refractivity contribution in [1.29, 1.82) is 0 Å². The van der Waals surface area contributed by atoms with E-state index in [0.717, 1.165) is 17.0 Å². The van der Waals surface area contributed by atoms with Gasteiger partial charge in [0.1, 0.15) is 6.04 Å². The average molecular weight is 206 g/mol. The average Bonchev–Trinajstić information content (AvgIpc) is 2.02. The summed E-state index contributed by atoms with van der Waals surface area (Å²) < 4.78 is 23.4. The largest absolute Gasteiger partial charge is 0.355 e. The normalized spacial score (nSPS) is 24.5. The van der Waals surface area contributed by atoms with Crippen molar-refractivity contribution in [1.82, 2.24) is 9.62 Å². The Morgan fingerprint density at radius 2 is 2.15 bits per heavy atom. The van der Waals surface area contributed by atoms with Crippen molar-refractivity contribution in [3.05, 3.63) is 0 Å². The summed E-state index contributed by atoms with van der Waals surface area (Å²) >= 11 is 0. The highest BCUT2D eigenvalue weighted by molar-refractivity contribution is 7.88. The van der Waals surface area contributed by atoms with Crippen LogP contribution in [0.3, 0.4) is 0 Å². The Bertz CT molecular complexity index is 299. The minimum atomic E-state index is -3.26. The maximum Gasteiger partial charge on any atom is 0.238 e. The number of carbonyl (C=O) groups excluding carboxylic acids is 1. The van der Waals surface area contributed by atoms with Crippen molar-refractivity contribution >= 4 is 15.9 Å². The van der Waals surface area contributed by atoms with Crippen LogP contribution in [-0.4, -0.2) is 44.5 Å². The van der Waals surface area contributed by atoms with Crippen molar-refractivity contribution in [2.45, 2.75) is 18.9 Å². The molecule has 1 N–H and O–H groups in total. The van der Waals surface area contributed by atoms with E-state index >= 15 is 0 Å². The summed E-state index contributed by atoms with van der Waals surface area (Å²) in [5.41, 5.74) is 0. The molecule has 0 aromatic heterocycles. The van der Waals surface area contributed by atoms with Crippen molar-refractivity contribution in [2.75, 3.05) is 19.8 Å². The van der Waals surface area contributed by atoms with Crippen LogP contribution in [0.4, 0.5) is 0 Å². The van der Waals surface area contributed by atoms with Gasteiger partial charge in [-0.15, -0.1) is 0 Å². The van der Waals surface area contributed by atoms with Gasteiger partial charge in [0.25, 0.3) is 0 Å². The highest BCUT2D eigenvalue weighted by Crippen LogP contribution is 2.12. The smallest absolute Gasteiger partial charge is 0.238 e. The summed E-state index contributed by atoms with van der Waals surface area (Å²) in [5, 5.41) is 2.64. The van der Waals surface area contributed by atoms with Crippen LogP contribution in [0.5, 0.6) is 0 Å². The van der Waals surface area contributed by atoms with Crippen LogP contribution < -0.4 is 5.32 Å². The Hall–Kier alpha value is -0.620. The minimum absolute atomic E-state index is 0.195. The third-order valence-corrected chi connectivity index (χ3v) is 3.52. The number of nitrogens with one attached hydrogen (secondary N) is 1. The first-order valence-corrected chi connectivity index (χ1v) is 5.98. The van der Waals surface area contributed by atoms with Gasteiger partial charge in [0.2, 0.25) is 15.9 Å². The molecular weight excluding hydrogens is 192 g/mol. The first kappa shape index (κ1) is 10.5. The number of hydrogen-bond acceptors (Lipinski definition) is 3. The quantitative estimate of drug-likeness (QED) is 0.640. The Morgan fingerprint density at radius 3 is 2.62 bits per heavy atom. The van der Waals surface area contributed by atoms with Crippen molar-refractivity contribution in [3.8, 4) is 0 Å². The lowest BCUT2D eigenvalue weighted by Gasteiger charge is -2.28. The topological polar surface area (TPSA) is 66.5 Å². The monoisotopic (exact) mass is 206 g/mol. The van der Waals surface area contributed by atoms with Gasteiger partial charge in [-0.1, -0.05) is 0 Å². The van der Waals surface area contributed by atoms with Crippen LogP contribution in [0.1, 0.15) is 12.8 Å². The number of amides is 1. The molecule has 1 fully saturated rings. The predicted molar refractivity (Wildman–Crippen MR) is 48.6 cm³/mol. The van der Waals surface area contributed by atoms with Crippen molar-refractivity contribution in [2.24, 2.45) is 0 Å². The molecule has 1 heterocycles. The van der Waals surface area contributed by atoms with Crippen molar-refractivity contribution in [3.63, 3.8) is 0 Å². The van der Waals surface area contributed by atoms with Crippen LogP contribution in [0, 0.1) is 0 Å². The lowest BCUT2D eigenvalue weighted by atomic mass is 10.1. The zero-order valence-corrected chi connectivity index (χ0v) is 8.60. The fourth-order valence-corrected chi connectivity index (χ4v) is 2.00. The van der Waals surface area contributed by atoms with Gasteiger partial charge in [-0.25, -0.2) is 8.42 Å². The number of carbonyl (C=O) groups is 1. The number of nitrogens with zero attached hydrogens (tertiary/aromatic N) is 1. The van der Waals surface area contributed by atoms with Gasteiger partial charge in [0.05, 0.1) is 6.26 Å². The zero-order chi connectivity index (χ0) is 10.1. The summed E-state index contributed by atoms with van der Waals surface area (Å²) in [5.74, 6) is -0.195. The highest BCUT2D eigenvalue weighted by Gasteiger charge is 2.30. The standard InChI is InChI=1S/C7H14N2O3S/c1-9(13(2,11)12)6-4-3-5-8-7(6)10/h6H,3-5H2,1-2H3,(H,8,10). The maximum atomic E-state index is 11.3. The van der Waals surface area contributed by atoms with Crippen LogP contribution in [0.25, 0.3) is 0 Å². The summed E-state index contributed by atoms with van der Waals surface area (Å²) in [7, 11) is -1.83. The molecule has 13 heavy (non-hydrogen) atoms. The zero-order valence-electron chi connectivity index (χ0n) is 7.78. The predicted octanol–water partition coefficient (Wildman–Crippen LogP) is -0.844. The molecular formula is C7H14N2O3S. The molecule has 0 aromatic rings. The number of piperidine rings is 1. The molecule has 6 heteroatoms. The van der Waals surface area contributed by atoms with E-state index < -0.39 is 16.1 Å². The van der Waals surface area contributed by atoms with E-state index in [0.29, 0.717) is 13.0 Å². The molecule has 0 aliphatic carbocycles. The van der Waals surface area contributed by atoms with Crippen LogP contribution >= 0.6 is 0 Å². The Kier molecular flexibility index (Phi) is 2.92. The number of hydrogen-bond donors (Lipinski definition) is 1. The molecule has 0 bridgehead atoms.